The molecule has 0 aromatic heterocycles. The topological polar surface area (TPSA) is 52.6 Å². The molecule has 138 valence electrons. The second-order valence-electron chi connectivity index (χ2n) is 6.78. The van der Waals surface area contributed by atoms with Gasteiger partial charge in [0.25, 0.3) is 0 Å². The maximum absolute atomic E-state index is 13.3. The molecule has 4 rings (SSSR count). The summed E-state index contributed by atoms with van der Waals surface area (Å²) >= 11 is 3.38. The van der Waals surface area contributed by atoms with E-state index in [2.05, 4.69) is 32.2 Å². The van der Waals surface area contributed by atoms with Gasteiger partial charge in [-0.15, -0.1) is 0 Å². The number of fused-ring (bicyclic) bond motifs is 1. The van der Waals surface area contributed by atoms with Crippen LogP contribution in [0.5, 0.6) is 0 Å². The normalized spacial score (nSPS) is 20.3. The van der Waals surface area contributed by atoms with E-state index in [1.54, 1.807) is 18.2 Å². The average Bonchev–Trinajstić information content (AvgIpc) is 3.00. The molecule has 2 heterocycles. The summed E-state index contributed by atoms with van der Waals surface area (Å²) in [5.41, 5.74) is 3.33. The van der Waals surface area contributed by atoms with Crippen molar-refractivity contribution in [2.24, 2.45) is 0 Å². The number of nitrogens with zero attached hydrogens (tertiary/aromatic N) is 2. The number of benzene rings is 2. The fourth-order valence-corrected chi connectivity index (χ4v) is 6.23. The van der Waals surface area contributed by atoms with Crippen molar-refractivity contribution in [1.82, 2.24) is 5.32 Å². The summed E-state index contributed by atoms with van der Waals surface area (Å²) in [6, 6.07) is 13.1. The monoisotopic (exact) mass is 435 g/mol. The second kappa shape index (κ2) is 6.87. The molecule has 2 aromatic rings. The Labute approximate surface area is 163 Å². The number of likely N-dealkylation sites (N-methyl/N-ethyl adjacent to an activating group) is 1. The Balaban J connectivity index is 1.71. The number of nitrogens with one attached hydrogen (secondary N) is 1. The summed E-state index contributed by atoms with van der Waals surface area (Å²) in [5, 5.41) is 2.80. The van der Waals surface area contributed by atoms with Crippen LogP contribution in [0.1, 0.15) is 5.56 Å². The molecule has 7 heteroatoms. The number of hydrogen-bond acceptors (Lipinski definition) is 5. The molecular weight excluding hydrogens is 414 g/mol. The zero-order valence-electron chi connectivity index (χ0n) is 14.7. The lowest BCUT2D eigenvalue weighted by molar-refractivity contribution is 0.578. The molecule has 1 unspecified atom stereocenters. The van der Waals surface area contributed by atoms with Gasteiger partial charge in [-0.3, -0.25) is 0 Å². The van der Waals surface area contributed by atoms with Gasteiger partial charge in [-0.1, -0.05) is 28.1 Å². The van der Waals surface area contributed by atoms with Gasteiger partial charge in [0.15, 0.2) is 9.84 Å². The third-order valence-corrected chi connectivity index (χ3v) is 7.86. The fraction of sp³-hybridized carbons (Fsp3) is 0.368. The first-order chi connectivity index (χ1) is 12.5. The van der Waals surface area contributed by atoms with Crippen molar-refractivity contribution in [3.8, 4) is 0 Å². The third kappa shape index (κ3) is 3.02. The molecule has 2 aromatic carbocycles. The Kier molecular flexibility index (Phi) is 4.71. The van der Waals surface area contributed by atoms with Crippen LogP contribution in [0.2, 0.25) is 0 Å². The largest absolute Gasteiger partial charge is 0.369 e. The predicted molar refractivity (Wildman–Crippen MR) is 109 cm³/mol. The van der Waals surface area contributed by atoms with Gasteiger partial charge in [0, 0.05) is 61.1 Å². The zero-order chi connectivity index (χ0) is 18.3. The number of sulfone groups is 1. The average molecular weight is 436 g/mol. The van der Waals surface area contributed by atoms with E-state index in [4.69, 9.17) is 0 Å². The zero-order valence-corrected chi connectivity index (χ0v) is 17.1. The molecule has 1 fully saturated rings. The van der Waals surface area contributed by atoms with Crippen LogP contribution >= 0.6 is 15.9 Å². The Morgan fingerprint density at radius 2 is 1.77 bits per heavy atom. The van der Waals surface area contributed by atoms with Gasteiger partial charge in [-0.25, -0.2) is 8.42 Å². The Morgan fingerprint density at radius 1 is 1.08 bits per heavy atom. The first kappa shape index (κ1) is 17.8. The highest BCUT2D eigenvalue weighted by atomic mass is 79.9. The summed E-state index contributed by atoms with van der Waals surface area (Å²) in [6.45, 7) is 3.81. The van der Waals surface area contributed by atoms with E-state index in [1.165, 1.54) is 5.69 Å². The van der Waals surface area contributed by atoms with Gasteiger partial charge >= 0.3 is 0 Å². The summed E-state index contributed by atoms with van der Waals surface area (Å²) in [6.07, 6.45) is 0.515. The summed E-state index contributed by atoms with van der Waals surface area (Å²) in [4.78, 5) is 4.63. The summed E-state index contributed by atoms with van der Waals surface area (Å²) < 4.78 is 27.3. The van der Waals surface area contributed by atoms with E-state index in [9.17, 15) is 8.42 Å². The Bertz CT molecular complexity index is 926. The number of hydrogen-bond donors (Lipinski definition) is 1. The van der Waals surface area contributed by atoms with Crippen molar-refractivity contribution in [3.05, 3.63) is 52.5 Å². The molecule has 1 atom stereocenters. The number of piperazine rings is 1. The molecule has 0 saturated carbocycles. The minimum Gasteiger partial charge on any atom is -0.369 e. The smallest absolute Gasteiger partial charge is 0.199 e. The first-order valence-electron chi connectivity index (χ1n) is 8.78. The minimum atomic E-state index is -3.46. The summed E-state index contributed by atoms with van der Waals surface area (Å²) in [5.74, 6) is 0. The van der Waals surface area contributed by atoms with Crippen LogP contribution in [0.3, 0.4) is 0 Å². The van der Waals surface area contributed by atoms with E-state index in [-0.39, 0.29) is 0 Å². The highest BCUT2D eigenvalue weighted by Gasteiger charge is 2.39. The number of anilines is 2. The van der Waals surface area contributed by atoms with E-state index in [1.807, 2.05) is 30.1 Å². The van der Waals surface area contributed by atoms with Crippen molar-refractivity contribution in [3.63, 3.8) is 0 Å². The molecule has 0 amide bonds. The van der Waals surface area contributed by atoms with Crippen LogP contribution < -0.4 is 15.1 Å². The predicted octanol–water partition coefficient (Wildman–Crippen LogP) is 2.65. The van der Waals surface area contributed by atoms with E-state index in [0.717, 1.165) is 41.9 Å². The van der Waals surface area contributed by atoms with Crippen LogP contribution in [-0.2, 0) is 16.3 Å². The lowest BCUT2D eigenvalue weighted by atomic mass is 10.1. The maximum Gasteiger partial charge on any atom is 0.199 e. The highest BCUT2D eigenvalue weighted by molar-refractivity contribution is 9.10. The van der Waals surface area contributed by atoms with Crippen molar-refractivity contribution in [2.45, 2.75) is 16.7 Å². The Hall–Kier alpha value is -1.57. The standard InChI is InChI=1S/C19H22BrN3O2S/c1-22-17-6-3-7-18(23-10-8-21-9-11-23)16(17)13-19(22)26(24,25)15-5-2-4-14(20)12-15/h2-7,12,19,21H,8-11,13H2,1H3. The van der Waals surface area contributed by atoms with Crippen LogP contribution in [0.25, 0.3) is 0 Å². The van der Waals surface area contributed by atoms with Crippen molar-refractivity contribution < 1.29 is 8.42 Å². The van der Waals surface area contributed by atoms with Crippen LogP contribution in [-0.4, -0.2) is 47.0 Å². The molecule has 0 radical (unpaired) electrons. The van der Waals surface area contributed by atoms with Gasteiger partial charge in [0.05, 0.1) is 4.90 Å². The van der Waals surface area contributed by atoms with Crippen molar-refractivity contribution in [2.75, 3.05) is 43.0 Å². The van der Waals surface area contributed by atoms with Gasteiger partial charge in [0.1, 0.15) is 5.37 Å². The van der Waals surface area contributed by atoms with Crippen LogP contribution in [0.4, 0.5) is 11.4 Å². The molecule has 0 spiro atoms. The van der Waals surface area contributed by atoms with Gasteiger partial charge in [-0.05, 0) is 30.3 Å². The quantitative estimate of drug-likeness (QED) is 0.802. The molecule has 0 bridgehead atoms. The highest BCUT2D eigenvalue weighted by Crippen LogP contribution is 2.40. The van der Waals surface area contributed by atoms with Crippen molar-refractivity contribution in [1.29, 1.82) is 0 Å². The fourth-order valence-electron chi connectivity index (χ4n) is 3.89. The van der Waals surface area contributed by atoms with E-state index >= 15 is 0 Å². The number of halogens is 1. The Morgan fingerprint density at radius 3 is 2.50 bits per heavy atom. The molecule has 2 aliphatic rings. The lowest BCUT2D eigenvalue weighted by Gasteiger charge is -2.31. The van der Waals surface area contributed by atoms with Gasteiger partial charge in [-0.2, -0.15) is 0 Å². The molecule has 1 N–H and O–H groups in total. The van der Waals surface area contributed by atoms with E-state index in [0.29, 0.717) is 11.3 Å². The molecule has 26 heavy (non-hydrogen) atoms. The van der Waals surface area contributed by atoms with Crippen molar-refractivity contribution >= 4 is 37.1 Å². The molecular formula is C19H22BrN3O2S. The van der Waals surface area contributed by atoms with E-state index < -0.39 is 15.2 Å². The SMILES string of the molecule is CN1c2cccc(N3CCNCC3)c2CC1S(=O)(=O)c1cccc(Br)c1. The lowest BCUT2D eigenvalue weighted by Crippen LogP contribution is -2.43. The third-order valence-electron chi connectivity index (χ3n) is 5.26. The number of rotatable bonds is 3. The minimum absolute atomic E-state index is 0.361. The molecule has 1 saturated heterocycles. The van der Waals surface area contributed by atoms with Gasteiger partial charge in [0.2, 0.25) is 0 Å². The molecule has 2 aliphatic heterocycles. The molecule has 0 aliphatic carbocycles. The van der Waals surface area contributed by atoms with Gasteiger partial charge < -0.3 is 15.1 Å². The van der Waals surface area contributed by atoms with Crippen LogP contribution in [0.15, 0.2) is 51.8 Å². The maximum atomic E-state index is 13.3. The van der Waals surface area contributed by atoms with Crippen LogP contribution in [0, 0.1) is 0 Å². The molecule has 5 nitrogen and oxygen atoms in total. The first-order valence-corrected chi connectivity index (χ1v) is 11.1. The summed E-state index contributed by atoms with van der Waals surface area (Å²) in [7, 11) is -1.58. The second-order valence-corrected chi connectivity index (χ2v) is 9.81.